The third-order valence-corrected chi connectivity index (χ3v) is 2.36. The molecule has 1 aromatic carbocycles. The molecule has 1 aromatic rings. The molecule has 0 atom stereocenters. The van der Waals surface area contributed by atoms with Crippen LogP contribution in [-0.2, 0) is 6.54 Å². The quantitative estimate of drug-likeness (QED) is 0.369. The Kier molecular flexibility index (Phi) is 2.73. The molecule has 0 unspecified atom stereocenters. The first-order chi connectivity index (χ1) is 7.31. The van der Waals surface area contributed by atoms with Gasteiger partial charge in [0.05, 0.1) is 13.1 Å². The third-order valence-electron chi connectivity index (χ3n) is 2.36. The van der Waals surface area contributed by atoms with Crippen molar-refractivity contribution in [3.8, 4) is 5.75 Å². The number of amides is 2. The minimum absolute atomic E-state index is 0.282. The van der Waals surface area contributed by atoms with Crippen molar-refractivity contribution >= 4 is 6.03 Å². The van der Waals surface area contributed by atoms with Crippen LogP contribution >= 0.6 is 0 Å². The van der Waals surface area contributed by atoms with E-state index in [2.05, 4.69) is 5.43 Å². The van der Waals surface area contributed by atoms with Crippen molar-refractivity contribution in [1.82, 2.24) is 10.3 Å². The Hall–Kier alpha value is -1.75. The Labute approximate surface area is 87.8 Å². The summed E-state index contributed by atoms with van der Waals surface area (Å²) in [5, 5.41) is 0. The molecule has 0 fully saturated rings. The van der Waals surface area contributed by atoms with Crippen molar-refractivity contribution < 1.29 is 9.53 Å². The minimum Gasteiger partial charge on any atom is -0.491 e. The van der Waals surface area contributed by atoms with E-state index in [0.29, 0.717) is 19.7 Å². The molecule has 2 rings (SSSR count). The van der Waals surface area contributed by atoms with Crippen LogP contribution in [0.5, 0.6) is 5.75 Å². The number of para-hydroxylation sites is 1. The number of carbonyl (C=O) groups is 1. The number of hydrazine groups is 1. The summed E-state index contributed by atoms with van der Waals surface area (Å²) >= 11 is 0. The number of hydrogen-bond donors (Lipinski definition) is 2. The summed E-state index contributed by atoms with van der Waals surface area (Å²) in [6, 6.07) is 7.40. The highest BCUT2D eigenvalue weighted by molar-refractivity contribution is 5.73. The topological polar surface area (TPSA) is 67.6 Å². The van der Waals surface area contributed by atoms with Crippen LogP contribution in [0.4, 0.5) is 4.79 Å². The lowest BCUT2D eigenvalue weighted by Gasteiger charge is -2.18. The minimum atomic E-state index is -0.282. The molecular formula is C10H13N3O2. The number of benzene rings is 1. The molecule has 5 nitrogen and oxygen atoms in total. The number of nitrogens with two attached hydrogens (primary N) is 1. The molecule has 5 heteroatoms. The molecule has 0 aromatic heterocycles. The van der Waals surface area contributed by atoms with Gasteiger partial charge in [-0.05, 0) is 6.07 Å². The van der Waals surface area contributed by atoms with Gasteiger partial charge in [0.25, 0.3) is 0 Å². The van der Waals surface area contributed by atoms with Crippen molar-refractivity contribution in [2.75, 3.05) is 13.2 Å². The van der Waals surface area contributed by atoms with E-state index < -0.39 is 0 Å². The number of ether oxygens (including phenoxy) is 1. The first-order valence-electron chi connectivity index (χ1n) is 4.77. The molecule has 1 aliphatic heterocycles. The fraction of sp³-hybridized carbons (Fsp3) is 0.300. The summed E-state index contributed by atoms with van der Waals surface area (Å²) in [6.45, 7) is 1.56. The van der Waals surface area contributed by atoms with E-state index in [-0.39, 0.29) is 6.03 Å². The zero-order chi connectivity index (χ0) is 10.7. The van der Waals surface area contributed by atoms with Crippen LogP contribution in [0.15, 0.2) is 24.3 Å². The van der Waals surface area contributed by atoms with Crippen molar-refractivity contribution in [3.63, 3.8) is 0 Å². The Morgan fingerprint density at radius 3 is 3.07 bits per heavy atom. The van der Waals surface area contributed by atoms with Gasteiger partial charge in [0.15, 0.2) is 0 Å². The molecule has 1 aliphatic rings. The molecule has 0 aliphatic carbocycles. The first kappa shape index (κ1) is 9.79. The molecule has 80 valence electrons. The molecule has 3 N–H and O–H groups in total. The van der Waals surface area contributed by atoms with E-state index in [1.807, 2.05) is 24.3 Å². The summed E-state index contributed by atoms with van der Waals surface area (Å²) < 4.78 is 5.51. The second kappa shape index (κ2) is 4.18. The van der Waals surface area contributed by atoms with Gasteiger partial charge in [-0.15, -0.1) is 0 Å². The Bertz CT molecular complexity index is 367. The lowest BCUT2D eigenvalue weighted by atomic mass is 10.2. The molecule has 2 amide bonds. The molecule has 0 radical (unpaired) electrons. The maximum Gasteiger partial charge on any atom is 0.331 e. The van der Waals surface area contributed by atoms with E-state index in [0.717, 1.165) is 11.3 Å². The highest BCUT2D eigenvalue weighted by Crippen LogP contribution is 2.22. The average molecular weight is 207 g/mol. The summed E-state index contributed by atoms with van der Waals surface area (Å²) in [7, 11) is 0. The van der Waals surface area contributed by atoms with Crippen LogP contribution in [0.2, 0.25) is 0 Å². The van der Waals surface area contributed by atoms with Crippen LogP contribution in [0.1, 0.15) is 5.56 Å². The highest BCUT2D eigenvalue weighted by Gasteiger charge is 2.18. The number of fused-ring (bicyclic) bond motifs is 1. The van der Waals surface area contributed by atoms with Crippen molar-refractivity contribution in [2.45, 2.75) is 6.54 Å². The molecule has 1 heterocycles. The van der Waals surface area contributed by atoms with Crippen molar-refractivity contribution in [2.24, 2.45) is 5.84 Å². The van der Waals surface area contributed by atoms with E-state index >= 15 is 0 Å². The maximum absolute atomic E-state index is 11.4. The van der Waals surface area contributed by atoms with E-state index in [9.17, 15) is 4.79 Å². The summed E-state index contributed by atoms with van der Waals surface area (Å²) in [4.78, 5) is 13.0. The zero-order valence-corrected chi connectivity index (χ0v) is 8.27. The monoisotopic (exact) mass is 207 g/mol. The Balaban J connectivity index is 2.21. The van der Waals surface area contributed by atoms with Crippen LogP contribution in [0.25, 0.3) is 0 Å². The van der Waals surface area contributed by atoms with Crippen molar-refractivity contribution in [1.29, 1.82) is 0 Å². The lowest BCUT2D eigenvalue weighted by molar-refractivity contribution is 0.188. The second-order valence-electron chi connectivity index (χ2n) is 3.33. The number of nitrogens with one attached hydrogen (secondary N) is 1. The second-order valence-corrected chi connectivity index (χ2v) is 3.33. The van der Waals surface area contributed by atoms with Gasteiger partial charge < -0.3 is 9.64 Å². The van der Waals surface area contributed by atoms with Gasteiger partial charge in [-0.25, -0.2) is 10.6 Å². The van der Waals surface area contributed by atoms with Gasteiger partial charge in [0.2, 0.25) is 0 Å². The Morgan fingerprint density at radius 1 is 1.47 bits per heavy atom. The normalized spacial score (nSPS) is 14.9. The molecular weight excluding hydrogens is 194 g/mol. The van der Waals surface area contributed by atoms with E-state index in [1.165, 1.54) is 0 Å². The fourth-order valence-electron chi connectivity index (χ4n) is 1.59. The number of carbonyl (C=O) groups excluding carboxylic acids is 1. The number of rotatable bonds is 0. The molecule has 0 saturated carbocycles. The molecule has 0 saturated heterocycles. The highest BCUT2D eigenvalue weighted by atomic mass is 16.5. The smallest absolute Gasteiger partial charge is 0.331 e. The van der Waals surface area contributed by atoms with E-state index in [1.54, 1.807) is 4.90 Å². The summed E-state index contributed by atoms with van der Waals surface area (Å²) in [5.74, 6) is 5.93. The van der Waals surface area contributed by atoms with Crippen LogP contribution in [0, 0.1) is 0 Å². The van der Waals surface area contributed by atoms with Crippen LogP contribution in [-0.4, -0.2) is 24.1 Å². The van der Waals surface area contributed by atoms with Gasteiger partial charge in [0.1, 0.15) is 12.4 Å². The van der Waals surface area contributed by atoms with Gasteiger partial charge in [-0.1, -0.05) is 18.2 Å². The maximum atomic E-state index is 11.4. The average Bonchev–Trinajstić information content (AvgIpc) is 2.49. The number of urea groups is 1. The van der Waals surface area contributed by atoms with Crippen LogP contribution < -0.4 is 16.0 Å². The van der Waals surface area contributed by atoms with Crippen molar-refractivity contribution in [3.05, 3.63) is 29.8 Å². The zero-order valence-electron chi connectivity index (χ0n) is 8.27. The van der Waals surface area contributed by atoms with E-state index in [4.69, 9.17) is 10.6 Å². The Morgan fingerprint density at radius 2 is 2.27 bits per heavy atom. The van der Waals surface area contributed by atoms with Gasteiger partial charge >= 0.3 is 6.03 Å². The fourth-order valence-corrected chi connectivity index (χ4v) is 1.59. The third kappa shape index (κ3) is 2.02. The SMILES string of the molecule is NNC(=O)N1CCOc2ccccc2C1. The standard InChI is InChI=1S/C10H13N3O2/c11-12-10(14)13-5-6-15-9-4-2-1-3-8(9)7-13/h1-4H,5-7,11H2,(H,12,14). The lowest BCUT2D eigenvalue weighted by Crippen LogP contribution is -2.43. The number of nitrogens with zero attached hydrogens (tertiary/aromatic N) is 1. The number of hydrogen-bond acceptors (Lipinski definition) is 3. The van der Waals surface area contributed by atoms with Gasteiger partial charge in [0, 0.05) is 5.56 Å². The van der Waals surface area contributed by atoms with Gasteiger partial charge in [-0.3, -0.25) is 5.43 Å². The van der Waals surface area contributed by atoms with Gasteiger partial charge in [-0.2, -0.15) is 0 Å². The molecule has 0 bridgehead atoms. The predicted molar refractivity (Wildman–Crippen MR) is 55.1 cm³/mol. The first-order valence-corrected chi connectivity index (χ1v) is 4.77. The molecule has 15 heavy (non-hydrogen) atoms. The predicted octanol–water partition coefficient (Wildman–Crippen LogP) is 0.464. The molecule has 0 spiro atoms. The largest absolute Gasteiger partial charge is 0.491 e. The van der Waals surface area contributed by atoms with Crippen LogP contribution in [0.3, 0.4) is 0 Å². The summed E-state index contributed by atoms with van der Waals surface area (Å²) in [5.41, 5.74) is 3.12. The summed E-state index contributed by atoms with van der Waals surface area (Å²) in [6.07, 6.45) is 0.